The molecule has 0 amide bonds. The van der Waals surface area contributed by atoms with Crippen LogP contribution >= 0.6 is 11.6 Å². The van der Waals surface area contributed by atoms with Crippen LogP contribution in [0.2, 0.25) is 0 Å². The molecule has 1 nitrogen and oxygen atoms in total. The first-order valence-electron chi connectivity index (χ1n) is 5.98. The lowest BCUT2D eigenvalue weighted by atomic mass is 10.1. The molecular formula is C13H16ClF2N. The molecule has 1 saturated heterocycles. The summed E-state index contributed by atoms with van der Waals surface area (Å²) in [7, 11) is 0. The molecule has 0 aliphatic carbocycles. The van der Waals surface area contributed by atoms with E-state index in [0.717, 1.165) is 25.8 Å². The third-order valence-electron chi connectivity index (χ3n) is 3.37. The van der Waals surface area contributed by atoms with Crippen molar-refractivity contribution in [3.05, 3.63) is 29.3 Å². The first-order chi connectivity index (χ1) is 8.17. The van der Waals surface area contributed by atoms with E-state index in [4.69, 9.17) is 11.6 Å². The average Bonchev–Trinajstić information content (AvgIpc) is 2.76. The van der Waals surface area contributed by atoms with Gasteiger partial charge < -0.3 is 4.90 Å². The minimum absolute atomic E-state index is 0.114. The van der Waals surface area contributed by atoms with E-state index < -0.39 is 11.6 Å². The monoisotopic (exact) mass is 259 g/mol. The fourth-order valence-corrected chi connectivity index (χ4v) is 2.68. The Morgan fingerprint density at radius 2 is 2.00 bits per heavy atom. The van der Waals surface area contributed by atoms with Crippen molar-refractivity contribution in [2.75, 3.05) is 11.4 Å². The molecule has 1 unspecified atom stereocenters. The molecule has 1 aliphatic heterocycles. The number of anilines is 1. The van der Waals surface area contributed by atoms with E-state index >= 15 is 0 Å². The Balaban J connectivity index is 2.38. The Hall–Kier alpha value is -0.830. The van der Waals surface area contributed by atoms with E-state index in [1.54, 1.807) is 0 Å². The van der Waals surface area contributed by atoms with Crippen LogP contribution in [0.5, 0.6) is 0 Å². The predicted molar refractivity (Wildman–Crippen MR) is 66.6 cm³/mol. The van der Waals surface area contributed by atoms with Crippen LogP contribution in [-0.4, -0.2) is 12.6 Å². The summed E-state index contributed by atoms with van der Waals surface area (Å²) in [5.41, 5.74) is 0.598. The highest BCUT2D eigenvalue weighted by Crippen LogP contribution is 2.32. The summed E-state index contributed by atoms with van der Waals surface area (Å²) in [6.07, 6.45) is 2.91. The highest BCUT2D eigenvalue weighted by molar-refractivity contribution is 6.17. The van der Waals surface area contributed by atoms with Gasteiger partial charge in [-0.1, -0.05) is 6.92 Å². The molecule has 1 aromatic rings. The molecule has 0 saturated carbocycles. The predicted octanol–water partition coefficient (Wildman–Crippen LogP) is 4.08. The highest BCUT2D eigenvalue weighted by Gasteiger charge is 2.27. The lowest BCUT2D eigenvalue weighted by molar-refractivity contribution is 0.555. The zero-order valence-electron chi connectivity index (χ0n) is 9.85. The molecule has 1 fully saturated rings. The van der Waals surface area contributed by atoms with Gasteiger partial charge in [0.25, 0.3) is 0 Å². The quantitative estimate of drug-likeness (QED) is 0.740. The van der Waals surface area contributed by atoms with Crippen molar-refractivity contribution in [3.8, 4) is 0 Å². The van der Waals surface area contributed by atoms with Gasteiger partial charge in [-0.2, -0.15) is 0 Å². The number of hydrogen-bond acceptors (Lipinski definition) is 1. The van der Waals surface area contributed by atoms with Crippen LogP contribution in [0.25, 0.3) is 0 Å². The molecule has 1 aliphatic rings. The van der Waals surface area contributed by atoms with Crippen LogP contribution < -0.4 is 4.90 Å². The van der Waals surface area contributed by atoms with Gasteiger partial charge in [0, 0.05) is 18.5 Å². The SMILES string of the molecule is CCC1CCCN1c1c(F)cc(CCl)cc1F. The van der Waals surface area contributed by atoms with E-state index in [1.807, 2.05) is 11.8 Å². The summed E-state index contributed by atoms with van der Waals surface area (Å²) < 4.78 is 27.8. The number of benzene rings is 1. The van der Waals surface area contributed by atoms with Gasteiger partial charge >= 0.3 is 0 Å². The van der Waals surface area contributed by atoms with Gasteiger partial charge in [-0.3, -0.25) is 0 Å². The summed E-state index contributed by atoms with van der Waals surface area (Å²) in [5.74, 6) is -0.868. The van der Waals surface area contributed by atoms with Gasteiger partial charge in [0.05, 0.1) is 0 Å². The lowest BCUT2D eigenvalue weighted by Gasteiger charge is -2.26. The topological polar surface area (TPSA) is 3.24 Å². The minimum atomic E-state index is -0.499. The normalized spacial score (nSPS) is 20.0. The van der Waals surface area contributed by atoms with Crippen molar-refractivity contribution in [1.29, 1.82) is 0 Å². The number of halogens is 3. The Bertz CT molecular complexity index is 385. The van der Waals surface area contributed by atoms with Crippen LogP contribution in [0.1, 0.15) is 31.7 Å². The van der Waals surface area contributed by atoms with E-state index in [1.165, 1.54) is 12.1 Å². The van der Waals surface area contributed by atoms with Crippen molar-refractivity contribution in [2.45, 2.75) is 38.1 Å². The highest BCUT2D eigenvalue weighted by atomic mass is 35.5. The molecule has 0 spiro atoms. The maximum atomic E-state index is 13.9. The smallest absolute Gasteiger partial charge is 0.149 e. The second-order valence-electron chi connectivity index (χ2n) is 4.44. The molecular weight excluding hydrogens is 244 g/mol. The summed E-state index contributed by atoms with van der Waals surface area (Å²) >= 11 is 5.59. The van der Waals surface area contributed by atoms with Crippen molar-refractivity contribution >= 4 is 17.3 Å². The molecule has 0 aromatic heterocycles. The van der Waals surface area contributed by atoms with Crippen LogP contribution in [0.15, 0.2) is 12.1 Å². The van der Waals surface area contributed by atoms with Crippen molar-refractivity contribution < 1.29 is 8.78 Å². The molecule has 0 N–H and O–H groups in total. The molecule has 4 heteroatoms. The van der Waals surface area contributed by atoms with Gasteiger partial charge in [0.2, 0.25) is 0 Å². The second kappa shape index (κ2) is 5.21. The number of nitrogens with zero attached hydrogens (tertiary/aromatic N) is 1. The third kappa shape index (κ3) is 2.39. The van der Waals surface area contributed by atoms with Crippen molar-refractivity contribution in [3.63, 3.8) is 0 Å². The molecule has 17 heavy (non-hydrogen) atoms. The standard InChI is InChI=1S/C13H16ClF2N/c1-2-10-4-3-5-17(10)13-11(15)6-9(8-14)7-12(13)16/h6-7,10H,2-5,8H2,1H3. The van der Waals surface area contributed by atoms with E-state index in [0.29, 0.717) is 5.56 Å². The fraction of sp³-hybridized carbons (Fsp3) is 0.538. The van der Waals surface area contributed by atoms with Gasteiger partial charge in [-0.25, -0.2) is 8.78 Å². The number of rotatable bonds is 3. The molecule has 0 radical (unpaired) electrons. The van der Waals surface area contributed by atoms with Gasteiger partial charge in [-0.15, -0.1) is 11.6 Å². The summed E-state index contributed by atoms with van der Waals surface area (Å²) in [6, 6.07) is 2.91. The van der Waals surface area contributed by atoms with Crippen LogP contribution in [-0.2, 0) is 5.88 Å². The summed E-state index contributed by atoms with van der Waals surface area (Å²) in [6.45, 7) is 2.78. The zero-order chi connectivity index (χ0) is 12.4. The molecule has 94 valence electrons. The zero-order valence-corrected chi connectivity index (χ0v) is 10.6. The largest absolute Gasteiger partial charge is 0.364 e. The maximum Gasteiger partial charge on any atom is 0.149 e. The molecule has 2 rings (SSSR count). The molecule has 1 atom stereocenters. The Morgan fingerprint density at radius 3 is 2.53 bits per heavy atom. The summed E-state index contributed by atoms with van der Waals surface area (Å²) in [5, 5.41) is 0. The van der Waals surface area contributed by atoms with Crippen LogP contribution in [0, 0.1) is 11.6 Å². The van der Waals surface area contributed by atoms with E-state index in [9.17, 15) is 8.78 Å². The van der Waals surface area contributed by atoms with E-state index in [-0.39, 0.29) is 17.6 Å². The van der Waals surface area contributed by atoms with E-state index in [2.05, 4.69) is 0 Å². The first kappa shape index (κ1) is 12.6. The fourth-order valence-electron chi connectivity index (χ4n) is 2.52. The maximum absolute atomic E-state index is 13.9. The van der Waals surface area contributed by atoms with Crippen molar-refractivity contribution in [1.82, 2.24) is 0 Å². The Morgan fingerprint density at radius 1 is 1.35 bits per heavy atom. The molecule has 1 aromatic carbocycles. The molecule has 0 bridgehead atoms. The second-order valence-corrected chi connectivity index (χ2v) is 4.71. The van der Waals surface area contributed by atoms with Crippen LogP contribution in [0.3, 0.4) is 0 Å². The van der Waals surface area contributed by atoms with Crippen molar-refractivity contribution in [2.24, 2.45) is 0 Å². The van der Waals surface area contributed by atoms with Gasteiger partial charge in [0.15, 0.2) is 0 Å². The first-order valence-corrected chi connectivity index (χ1v) is 6.51. The number of alkyl halides is 1. The lowest BCUT2D eigenvalue weighted by Crippen LogP contribution is -2.30. The average molecular weight is 260 g/mol. The molecule has 1 heterocycles. The Labute approximate surface area is 105 Å². The van der Waals surface area contributed by atoms with Crippen LogP contribution in [0.4, 0.5) is 14.5 Å². The number of hydrogen-bond donors (Lipinski definition) is 0. The minimum Gasteiger partial charge on any atom is -0.364 e. The third-order valence-corrected chi connectivity index (χ3v) is 3.68. The van der Waals surface area contributed by atoms with Gasteiger partial charge in [0.1, 0.15) is 17.3 Å². The summed E-state index contributed by atoms with van der Waals surface area (Å²) in [4.78, 5) is 1.85. The Kier molecular flexibility index (Phi) is 3.87. The van der Waals surface area contributed by atoms with Gasteiger partial charge in [-0.05, 0) is 37.0 Å².